The molecule has 0 radical (unpaired) electrons. The predicted octanol–water partition coefficient (Wildman–Crippen LogP) is 0.448. The van der Waals surface area contributed by atoms with Crippen molar-refractivity contribution in [3.63, 3.8) is 0 Å². The van der Waals surface area contributed by atoms with E-state index in [4.69, 9.17) is 4.74 Å². The van der Waals surface area contributed by atoms with Crippen molar-refractivity contribution in [2.75, 3.05) is 20.7 Å². The zero-order valence-electron chi connectivity index (χ0n) is 14.2. The van der Waals surface area contributed by atoms with Gasteiger partial charge in [0.15, 0.2) is 18.0 Å². The highest BCUT2D eigenvalue weighted by Crippen LogP contribution is 2.35. The minimum atomic E-state index is -0.779. The van der Waals surface area contributed by atoms with Crippen LogP contribution in [0.15, 0.2) is 41.5 Å². The number of hydrogen-bond acceptors (Lipinski definition) is 7. The minimum Gasteiger partial charge on any atom is -0.468 e. The van der Waals surface area contributed by atoms with E-state index in [2.05, 4.69) is 9.73 Å². The number of fused-ring (bicyclic) bond motifs is 3. The first kappa shape index (κ1) is 16.1. The first-order valence-electron chi connectivity index (χ1n) is 7.97. The van der Waals surface area contributed by atoms with E-state index >= 15 is 0 Å². The molecular formula is C17H16N4O5. The van der Waals surface area contributed by atoms with Gasteiger partial charge in [-0.3, -0.25) is 19.4 Å². The van der Waals surface area contributed by atoms with Gasteiger partial charge in [0, 0.05) is 12.6 Å². The third kappa shape index (κ3) is 2.32. The molecule has 0 N–H and O–H groups in total. The molecule has 3 amide bonds. The van der Waals surface area contributed by atoms with Gasteiger partial charge in [0.25, 0.3) is 11.9 Å². The first-order valence-corrected chi connectivity index (χ1v) is 7.97. The molecule has 134 valence electrons. The number of carbonyl (C=O) groups is 3. The molecule has 1 aromatic rings. The zero-order valence-corrected chi connectivity index (χ0v) is 14.2. The van der Waals surface area contributed by atoms with Crippen molar-refractivity contribution in [1.29, 1.82) is 0 Å². The van der Waals surface area contributed by atoms with Crippen LogP contribution in [0.25, 0.3) is 5.76 Å². The molecule has 0 saturated carbocycles. The van der Waals surface area contributed by atoms with Gasteiger partial charge in [-0.05, 0) is 0 Å². The number of ether oxygens (including phenoxy) is 2. The Morgan fingerprint density at radius 2 is 2.00 bits per heavy atom. The standard InChI is InChI=1S/C17H16N4O5/c1-19-14-13(15(23)21(17(19)24)9-12(22)25-2)20-8-11(26-16(20)18-14)10-6-4-3-5-7-10/h3-8,13-14H,9H2,1-2H3. The molecule has 9 nitrogen and oxygen atoms in total. The number of urea groups is 1. The van der Waals surface area contributed by atoms with E-state index in [1.54, 1.807) is 11.1 Å². The number of methoxy groups -OCH3 is 1. The Hall–Kier alpha value is -3.36. The Kier molecular flexibility index (Phi) is 3.64. The summed E-state index contributed by atoms with van der Waals surface area (Å²) in [5, 5.41) is 0. The Labute approximate surface area is 149 Å². The number of benzene rings is 1. The summed E-state index contributed by atoms with van der Waals surface area (Å²) in [6.45, 7) is -0.443. The van der Waals surface area contributed by atoms with Crippen LogP contribution in [0, 0.1) is 0 Å². The molecule has 9 heteroatoms. The summed E-state index contributed by atoms with van der Waals surface area (Å²) < 4.78 is 10.3. The second kappa shape index (κ2) is 5.87. The Bertz CT molecular complexity index is 850. The fourth-order valence-electron chi connectivity index (χ4n) is 3.16. The molecule has 0 spiro atoms. The number of esters is 1. The second-order valence-electron chi connectivity index (χ2n) is 6.03. The van der Waals surface area contributed by atoms with Gasteiger partial charge >= 0.3 is 12.0 Å². The van der Waals surface area contributed by atoms with E-state index in [1.807, 2.05) is 30.3 Å². The first-order chi connectivity index (χ1) is 12.5. The Balaban J connectivity index is 1.64. The van der Waals surface area contributed by atoms with E-state index in [0.29, 0.717) is 5.76 Å². The Morgan fingerprint density at radius 3 is 2.69 bits per heavy atom. The van der Waals surface area contributed by atoms with E-state index in [0.717, 1.165) is 10.5 Å². The van der Waals surface area contributed by atoms with Crippen LogP contribution >= 0.6 is 0 Å². The number of rotatable bonds is 3. The van der Waals surface area contributed by atoms with Gasteiger partial charge in [-0.15, -0.1) is 0 Å². The fraction of sp³-hybridized carbons (Fsp3) is 0.294. The number of nitrogens with zero attached hydrogens (tertiary/aromatic N) is 4. The molecule has 1 fully saturated rings. The fourth-order valence-corrected chi connectivity index (χ4v) is 3.16. The summed E-state index contributed by atoms with van der Waals surface area (Å²) >= 11 is 0. The van der Waals surface area contributed by atoms with Crippen LogP contribution in [0.4, 0.5) is 4.79 Å². The molecule has 3 heterocycles. The summed E-state index contributed by atoms with van der Waals surface area (Å²) in [6.07, 6.45) is 0.990. The summed E-state index contributed by atoms with van der Waals surface area (Å²) in [6, 6.07) is 8.30. The normalized spacial score (nSPS) is 24.0. The lowest BCUT2D eigenvalue weighted by molar-refractivity contribution is -0.148. The molecule has 2 atom stereocenters. The van der Waals surface area contributed by atoms with Crippen molar-refractivity contribution in [3.05, 3.63) is 42.1 Å². The lowest BCUT2D eigenvalue weighted by Crippen LogP contribution is -2.64. The van der Waals surface area contributed by atoms with Gasteiger partial charge in [-0.1, -0.05) is 30.3 Å². The third-order valence-corrected chi connectivity index (χ3v) is 4.52. The number of amidine groups is 1. The third-order valence-electron chi connectivity index (χ3n) is 4.52. The molecule has 3 aliphatic rings. The second-order valence-corrected chi connectivity index (χ2v) is 6.03. The van der Waals surface area contributed by atoms with Crippen LogP contribution in [0.2, 0.25) is 0 Å². The highest BCUT2D eigenvalue weighted by Gasteiger charge is 2.54. The molecule has 1 saturated heterocycles. The molecule has 0 aromatic heterocycles. The molecule has 4 rings (SSSR count). The van der Waals surface area contributed by atoms with Gasteiger partial charge in [0.05, 0.1) is 13.3 Å². The Morgan fingerprint density at radius 1 is 1.27 bits per heavy atom. The van der Waals surface area contributed by atoms with Gasteiger partial charge in [0.2, 0.25) is 0 Å². The van der Waals surface area contributed by atoms with E-state index in [-0.39, 0.29) is 6.02 Å². The van der Waals surface area contributed by atoms with Gasteiger partial charge in [0.1, 0.15) is 6.54 Å². The molecule has 2 unspecified atom stereocenters. The van der Waals surface area contributed by atoms with Crippen LogP contribution in [-0.2, 0) is 19.1 Å². The van der Waals surface area contributed by atoms with Crippen LogP contribution in [0.3, 0.4) is 0 Å². The van der Waals surface area contributed by atoms with Crippen molar-refractivity contribution < 1.29 is 23.9 Å². The van der Waals surface area contributed by atoms with Crippen molar-refractivity contribution in [2.24, 2.45) is 4.99 Å². The van der Waals surface area contributed by atoms with Crippen LogP contribution < -0.4 is 0 Å². The summed E-state index contributed by atoms with van der Waals surface area (Å²) in [5.74, 6) is -0.623. The smallest absolute Gasteiger partial charge is 0.328 e. The average Bonchev–Trinajstić information content (AvgIpc) is 3.22. The van der Waals surface area contributed by atoms with Gasteiger partial charge < -0.3 is 14.4 Å². The topological polar surface area (TPSA) is 91.8 Å². The van der Waals surface area contributed by atoms with Crippen LogP contribution in [0.1, 0.15) is 5.56 Å². The van der Waals surface area contributed by atoms with Crippen molar-refractivity contribution in [1.82, 2.24) is 14.7 Å². The molecule has 1 aromatic carbocycles. The summed E-state index contributed by atoms with van der Waals surface area (Å²) in [7, 11) is 2.73. The predicted molar refractivity (Wildman–Crippen MR) is 89.2 cm³/mol. The number of likely N-dealkylation sites (N-methyl/N-ethyl adjacent to an activating group) is 1. The minimum absolute atomic E-state index is 0.256. The van der Waals surface area contributed by atoms with Crippen LogP contribution in [0.5, 0.6) is 0 Å². The number of amides is 3. The van der Waals surface area contributed by atoms with Gasteiger partial charge in [-0.2, -0.15) is 0 Å². The number of imide groups is 1. The maximum absolute atomic E-state index is 12.9. The van der Waals surface area contributed by atoms with E-state index in [1.165, 1.54) is 19.1 Å². The average molecular weight is 356 g/mol. The zero-order chi connectivity index (χ0) is 18.4. The number of hydrogen-bond donors (Lipinski definition) is 0. The molecule has 0 aliphatic carbocycles. The maximum atomic E-state index is 12.9. The molecule has 0 bridgehead atoms. The highest BCUT2D eigenvalue weighted by molar-refractivity contribution is 6.06. The van der Waals surface area contributed by atoms with E-state index < -0.39 is 36.7 Å². The number of carbonyl (C=O) groups excluding carboxylic acids is 3. The molecule has 26 heavy (non-hydrogen) atoms. The number of aliphatic imine (C=N–C) groups is 1. The molecule has 3 aliphatic heterocycles. The molecular weight excluding hydrogens is 340 g/mol. The highest BCUT2D eigenvalue weighted by atomic mass is 16.5. The lowest BCUT2D eigenvalue weighted by Gasteiger charge is -2.39. The largest absolute Gasteiger partial charge is 0.468 e. The van der Waals surface area contributed by atoms with E-state index in [9.17, 15) is 14.4 Å². The van der Waals surface area contributed by atoms with Gasteiger partial charge in [-0.25, -0.2) is 9.79 Å². The van der Waals surface area contributed by atoms with Crippen LogP contribution in [-0.4, -0.2) is 71.5 Å². The summed E-state index contributed by atoms with van der Waals surface area (Å²) in [4.78, 5) is 45.0. The SMILES string of the molecule is COC(=O)CN1C(=O)C2C(N=C3OC(c4ccccc4)=CN32)N(C)C1=O. The summed E-state index contributed by atoms with van der Waals surface area (Å²) in [5.41, 5.74) is 0.847. The van der Waals surface area contributed by atoms with Crippen molar-refractivity contribution >= 4 is 29.7 Å². The lowest BCUT2D eigenvalue weighted by atomic mass is 10.1. The van der Waals surface area contributed by atoms with Crippen molar-refractivity contribution in [3.8, 4) is 0 Å². The maximum Gasteiger partial charge on any atom is 0.328 e. The monoisotopic (exact) mass is 356 g/mol. The van der Waals surface area contributed by atoms with Crippen molar-refractivity contribution in [2.45, 2.75) is 12.2 Å². The quantitative estimate of drug-likeness (QED) is 0.730.